The lowest BCUT2D eigenvalue weighted by atomic mass is 10.3. The van der Waals surface area contributed by atoms with Crippen molar-refractivity contribution in [3.8, 4) is 5.69 Å². The molecule has 2 aromatic heterocycles. The topological polar surface area (TPSA) is 116 Å². The Labute approximate surface area is 190 Å². The fraction of sp³-hybridized carbons (Fsp3) is 0.0952. The zero-order valence-electron chi connectivity index (χ0n) is 16.6. The van der Waals surface area contributed by atoms with Crippen LogP contribution in [-0.4, -0.2) is 33.2 Å². The molecule has 0 radical (unpaired) electrons. The van der Waals surface area contributed by atoms with Crippen LogP contribution in [-0.2, 0) is 9.53 Å². The van der Waals surface area contributed by atoms with E-state index in [1.165, 1.54) is 35.6 Å². The van der Waals surface area contributed by atoms with Crippen LogP contribution in [0.5, 0.6) is 0 Å². The molecule has 2 aromatic carbocycles. The third-order valence-electron chi connectivity index (χ3n) is 4.49. The highest BCUT2D eigenvalue weighted by Crippen LogP contribution is 2.31. The number of carbonyl (C=O) groups excluding carboxylic acids is 2. The van der Waals surface area contributed by atoms with Crippen LogP contribution >= 0.6 is 22.9 Å². The van der Waals surface area contributed by atoms with Crippen LogP contribution in [0, 0.1) is 17.0 Å². The SMILES string of the molecule is Cc1nn(-c2ccc(Cl)cc2)c2sc(C(=O)OCC(=O)Nc3cccc([N+](=O)[O-])c3)cc12. The molecule has 0 atom stereocenters. The summed E-state index contributed by atoms with van der Waals surface area (Å²) in [4.78, 5) is 35.9. The zero-order valence-corrected chi connectivity index (χ0v) is 18.1. The van der Waals surface area contributed by atoms with Gasteiger partial charge in [0, 0.05) is 28.2 Å². The number of aromatic nitrogens is 2. The first-order valence-corrected chi connectivity index (χ1v) is 10.5. The molecule has 0 aliphatic rings. The number of nitrogens with one attached hydrogen (secondary N) is 1. The number of anilines is 1. The van der Waals surface area contributed by atoms with Gasteiger partial charge >= 0.3 is 5.97 Å². The fourth-order valence-electron chi connectivity index (χ4n) is 3.00. The summed E-state index contributed by atoms with van der Waals surface area (Å²) in [7, 11) is 0. The van der Waals surface area contributed by atoms with E-state index in [2.05, 4.69) is 10.4 Å². The molecule has 0 aliphatic heterocycles. The van der Waals surface area contributed by atoms with E-state index in [9.17, 15) is 19.7 Å². The van der Waals surface area contributed by atoms with Gasteiger partial charge in [-0.3, -0.25) is 14.9 Å². The van der Waals surface area contributed by atoms with E-state index < -0.39 is 23.4 Å². The number of ether oxygens (including phenoxy) is 1. The lowest BCUT2D eigenvalue weighted by Gasteiger charge is -2.06. The minimum Gasteiger partial charge on any atom is -0.451 e. The van der Waals surface area contributed by atoms with E-state index in [1.54, 1.807) is 22.9 Å². The maximum atomic E-state index is 12.5. The minimum absolute atomic E-state index is 0.157. The van der Waals surface area contributed by atoms with Crippen LogP contribution < -0.4 is 5.32 Å². The Morgan fingerprint density at radius 1 is 1.22 bits per heavy atom. The molecule has 0 saturated carbocycles. The van der Waals surface area contributed by atoms with Crippen LogP contribution in [0.3, 0.4) is 0 Å². The lowest BCUT2D eigenvalue weighted by molar-refractivity contribution is -0.384. The molecule has 2 heterocycles. The van der Waals surface area contributed by atoms with Crippen molar-refractivity contribution < 1.29 is 19.2 Å². The Kier molecular flexibility index (Phi) is 5.89. The van der Waals surface area contributed by atoms with Crippen LogP contribution in [0.1, 0.15) is 15.4 Å². The maximum absolute atomic E-state index is 12.5. The van der Waals surface area contributed by atoms with Gasteiger partial charge in [0.2, 0.25) is 0 Å². The molecule has 32 heavy (non-hydrogen) atoms. The second-order valence-corrected chi connectivity index (χ2v) is 8.20. The van der Waals surface area contributed by atoms with Gasteiger partial charge < -0.3 is 10.1 Å². The van der Waals surface area contributed by atoms with Gasteiger partial charge in [-0.15, -0.1) is 11.3 Å². The van der Waals surface area contributed by atoms with E-state index in [4.69, 9.17) is 16.3 Å². The Hall–Kier alpha value is -3.76. The van der Waals surface area contributed by atoms with Crippen molar-refractivity contribution in [3.63, 3.8) is 0 Å². The summed E-state index contributed by atoms with van der Waals surface area (Å²) in [5.41, 5.74) is 1.62. The van der Waals surface area contributed by atoms with Gasteiger partial charge in [0.05, 0.1) is 16.3 Å². The highest BCUT2D eigenvalue weighted by Gasteiger charge is 2.19. The maximum Gasteiger partial charge on any atom is 0.348 e. The number of fused-ring (bicyclic) bond motifs is 1. The average molecular weight is 471 g/mol. The zero-order chi connectivity index (χ0) is 22.8. The average Bonchev–Trinajstić information content (AvgIpc) is 3.33. The first-order chi connectivity index (χ1) is 15.3. The molecule has 162 valence electrons. The Balaban J connectivity index is 1.45. The third-order valence-corrected chi connectivity index (χ3v) is 5.83. The number of benzene rings is 2. The predicted molar refractivity (Wildman–Crippen MR) is 121 cm³/mol. The van der Waals surface area contributed by atoms with Gasteiger partial charge in [0.15, 0.2) is 6.61 Å². The molecule has 9 nitrogen and oxygen atoms in total. The largest absolute Gasteiger partial charge is 0.451 e. The van der Waals surface area contributed by atoms with Crippen LogP contribution in [0.25, 0.3) is 15.9 Å². The van der Waals surface area contributed by atoms with Gasteiger partial charge in [-0.2, -0.15) is 5.10 Å². The first kappa shape index (κ1) is 21.5. The predicted octanol–water partition coefficient (Wildman–Crippen LogP) is 4.75. The van der Waals surface area contributed by atoms with E-state index in [1.807, 2.05) is 19.1 Å². The number of thiophene rings is 1. The third kappa shape index (κ3) is 4.46. The summed E-state index contributed by atoms with van der Waals surface area (Å²) < 4.78 is 6.84. The number of nitrogens with zero attached hydrogens (tertiary/aromatic N) is 3. The number of amides is 1. The molecular weight excluding hydrogens is 456 g/mol. The number of nitro groups is 1. The molecule has 0 spiro atoms. The van der Waals surface area contributed by atoms with Gasteiger partial charge in [0.25, 0.3) is 11.6 Å². The summed E-state index contributed by atoms with van der Waals surface area (Å²) >= 11 is 7.15. The van der Waals surface area contributed by atoms with Gasteiger partial charge in [-0.05, 0) is 43.3 Å². The molecule has 0 fully saturated rings. The standard InChI is InChI=1S/C21H15ClN4O5S/c1-12-17-10-18(32-20(17)25(24-12)15-7-5-13(22)6-8-15)21(28)31-11-19(27)23-14-3-2-4-16(9-14)26(29)30/h2-10H,11H2,1H3,(H,23,27). The van der Waals surface area contributed by atoms with Crippen molar-refractivity contribution in [2.24, 2.45) is 0 Å². The summed E-state index contributed by atoms with van der Waals surface area (Å²) in [6, 6.07) is 14.3. The van der Waals surface area contributed by atoms with Crippen LogP contribution in [0.2, 0.25) is 5.02 Å². The molecule has 0 saturated heterocycles. The smallest absolute Gasteiger partial charge is 0.348 e. The van der Waals surface area contributed by atoms with Crippen molar-refractivity contribution in [3.05, 3.63) is 80.3 Å². The Morgan fingerprint density at radius 2 is 1.97 bits per heavy atom. The number of carbonyl (C=O) groups is 2. The highest BCUT2D eigenvalue weighted by molar-refractivity contribution is 7.20. The van der Waals surface area contributed by atoms with Gasteiger partial charge in [-0.25, -0.2) is 9.48 Å². The molecule has 0 bridgehead atoms. The number of nitro benzene ring substituents is 1. The summed E-state index contributed by atoms with van der Waals surface area (Å²) in [6.45, 7) is 1.31. The number of hydrogen-bond acceptors (Lipinski definition) is 7. The number of esters is 1. The van der Waals surface area contributed by atoms with Crippen molar-refractivity contribution in [1.82, 2.24) is 9.78 Å². The molecule has 0 unspecified atom stereocenters. The Bertz CT molecular complexity index is 1350. The Morgan fingerprint density at radius 3 is 2.69 bits per heavy atom. The van der Waals surface area contributed by atoms with Gasteiger partial charge in [0.1, 0.15) is 9.71 Å². The van der Waals surface area contributed by atoms with Gasteiger partial charge in [-0.1, -0.05) is 17.7 Å². The highest BCUT2D eigenvalue weighted by atomic mass is 35.5. The number of aryl methyl sites for hydroxylation is 1. The quantitative estimate of drug-likeness (QED) is 0.247. The van der Waals surface area contributed by atoms with Crippen molar-refractivity contribution >= 4 is 56.4 Å². The molecular formula is C21H15ClN4O5S. The second kappa shape index (κ2) is 8.77. The molecule has 11 heteroatoms. The van der Waals surface area contributed by atoms with E-state index >= 15 is 0 Å². The molecule has 0 aliphatic carbocycles. The minimum atomic E-state index is -0.651. The lowest BCUT2D eigenvalue weighted by Crippen LogP contribution is -2.20. The van der Waals surface area contributed by atoms with Crippen molar-refractivity contribution in [2.75, 3.05) is 11.9 Å². The molecule has 1 N–H and O–H groups in total. The van der Waals surface area contributed by atoms with E-state index in [0.717, 1.165) is 21.6 Å². The summed E-state index contributed by atoms with van der Waals surface area (Å²) in [5.74, 6) is -1.26. The fourth-order valence-corrected chi connectivity index (χ4v) is 4.20. The van der Waals surface area contributed by atoms with E-state index in [-0.39, 0.29) is 11.4 Å². The van der Waals surface area contributed by atoms with E-state index in [0.29, 0.717) is 9.90 Å². The van der Waals surface area contributed by atoms with Crippen molar-refractivity contribution in [1.29, 1.82) is 0 Å². The summed E-state index contributed by atoms with van der Waals surface area (Å²) in [6.07, 6.45) is 0. The normalized spacial score (nSPS) is 10.8. The second-order valence-electron chi connectivity index (χ2n) is 6.73. The number of halogens is 1. The van der Waals surface area contributed by atoms with Crippen LogP contribution in [0.15, 0.2) is 54.6 Å². The number of hydrogen-bond donors (Lipinski definition) is 1. The van der Waals surface area contributed by atoms with Crippen LogP contribution in [0.4, 0.5) is 11.4 Å². The monoisotopic (exact) mass is 470 g/mol. The number of non-ortho nitro benzene ring substituents is 1. The number of rotatable bonds is 6. The first-order valence-electron chi connectivity index (χ1n) is 9.28. The molecule has 4 aromatic rings. The molecule has 1 amide bonds. The van der Waals surface area contributed by atoms with Crippen molar-refractivity contribution in [2.45, 2.75) is 6.92 Å². The summed E-state index contributed by atoms with van der Waals surface area (Å²) in [5, 5.41) is 19.2. The molecule has 4 rings (SSSR count).